The molecule has 3 rings (SSSR count). The van der Waals surface area contributed by atoms with Crippen molar-refractivity contribution in [3.63, 3.8) is 0 Å². The van der Waals surface area contributed by atoms with Crippen molar-refractivity contribution in [2.24, 2.45) is 0 Å². The van der Waals surface area contributed by atoms with Crippen molar-refractivity contribution in [3.8, 4) is 0 Å². The molecule has 1 aliphatic rings. The smallest absolute Gasteiger partial charge is 0.258 e. The fraction of sp³-hybridized carbons (Fsp3) is 0.417. The Morgan fingerprint density at radius 3 is 3.22 bits per heavy atom. The number of carbonyl (C=O) groups excluding carboxylic acids is 1. The van der Waals surface area contributed by atoms with E-state index in [0.717, 1.165) is 12.8 Å². The van der Waals surface area contributed by atoms with Crippen molar-refractivity contribution in [2.75, 3.05) is 13.2 Å². The SMILES string of the molecule is O=C(c1cnn2ccncc12)N1CCCC1CO. The second kappa shape index (κ2) is 4.38. The molecule has 0 radical (unpaired) electrons. The minimum Gasteiger partial charge on any atom is -0.394 e. The van der Waals surface area contributed by atoms with E-state index in [-0.39, 0.29) is 18.6 Å². The van der Waals surface area contributed by atoms with Crippen LogP contribution in [0.4, 0.5) is 0 Å². The standard InChI is InChI=1S/C12H14N4O2/c17-8-9-2-1-4-15(9)12(18)10-6-14-16-5-3-13-7-11(10)16/h3,5-7,9,17H,1-2,4,8H2. The molecule has 1 fully saturated rings. The van der Waals surface area contributed by atoms with Gasteiger partial charge in [-0.25, -0.2) is 4.52 Å². The van der Waals surface area contributed by atoms with Crippen LogP contribution in [0.1, 0.15) is 23.2 Å². The number of hydrogen-bond acceptors (Lipinski definition) is 4. The Labute approximate surface area is 104 Å². The Kier molecular flexibility index (Phi) is 2.71. The average Bonchev–Trinajstić information content (AvgIpc) is 3.04. The number of aliphatic hydroxyl groups excluding tert-OH is 1. The Hall–Kier alpha value is -1.95. The Morgan fingerprint density at radius 1 is 1.50 bits per heavy atom. The lowest BCUT2D eigenvalue weighted by molar-refractivity contribution is 0.0679. The highest BCUT2D eigenvalue weighted by molar-refractivity contribution is 6.00. The molecule has 3 heterocycles. The van der Waals surface area contributed by atoms with Gasteiger partial charge in [0.05, 0.1) is 36.1 Å². The molecule has 2 aromatic heterocycles. The molecule has 2 aromatic rings. The van der Waals surface area contributed by atoms with Gasteiger partial charge in [0, 0.05) is 18.9 Å². The van der Waals surface area contributed by atoms with E-state index in [0.29, 0.717) is 17.6 Å². The van der Waals surface area contributed by atoms with Gasteiger partial charge in [0.1, 0.15) is 0 Å². The summed E-state index contributed by atoms with van der Waals surface area (Å²) in [5.74, 6) is -0.0745. The number of aromatic nitrogens is 3. The number of nitrogens with zero attached hydrogens (tertiary/aromatic N) is 4. The van der Waals surface area contributed by atoms with Crippen LogP contribution in [-0.4, -0.2) is 49.7 Å². The van der Waals surface area contributed by atoms with Gasteiger partial charge < -0.3 is 10.0 Å². The molecular formula is C12H14N4O2. The maximum absolute atomic E-state index is 12.4. The molecular weight excluding hydrogens is 232 g/mol. The summed E-state index contributed by atoms with van der Waals surface area (Å²) in [6.07, 6.45) is 8.32. The zero-order valence-corrected chi connectivity index (χ0v) is 9.86. The third kappa shape index (κ3) is 1.65. The van der Waals surface area contributed by atoms with Gasteiger partial charge >= 0.3 is 0 Å². The quantitative estimate of drug-likeness (QED) is 0.828. The first kappa shape index (κ1) is 11.2. The van der Waals surface area contributed by atoms with E-state index in [9.17, 15) is 9.90 Å². The highest BCUT2D eigenvalue weighted by atomic mass is 16.3. The summed E-state index contributed by atoms with van der Waals surface area (Å²) in [7, 11) is 0. The summed E-state index contributed by atoms with van der Waals surface area (Å²) >= 11 is 0. The van der Waals surface area contributed by atoms with E-state index in [1.165, 1.54) is 0 Å². The number of amides is 1. The lowest BCUT2D eigenvalue weighted by Gasteiger charge is -2.22. The van der Waals surface area contributed by atoms with E-state index in [4.69, 9.17) is 0 Å². The van der Waals surface area contributed by atoms with Crippen LogP contribution < -0.4 is 0 Å². The van der Waals surface area contributed by atoms with Gasteiger partial charge in [-0.1, -0.05) is 0 Å². The van der Waals surface area contributed by atoms with Gasteiger partial charge in [0.25, 0.3) is 5.91 Å². The number of likely N-dealkylation sites (tertiary alicyclic amines) is 1. The molecule has 0 aromatic carbocycles. The summed E-state index contributed by atoms with van der Waals surface area (Å²) in [4.78, 5) is 18.2. The van der Waals surface area contributed by atoms with Crippen molar-refractivity contribution in [3.05, 3.63) is 30.4 Å². The van der Waals surface area contributed by atoms with Crippen LogP contribution in [0.5, 0.6) is 0 Å². The predicted octanol–water partition coefficient (Wildman–Crippen LogP) is 0.326. The highest BCUT2D eigenvalue weighted by Crippen LogP contribution is 2.21. The summed E-state index contributed by atoms with van der Waals surface area (Å²) in [5.41, 5.74) is 1.24. The van der Waals surface area contributed by atoms with Gasteiger partial charge in [-0.2, -0.15) is 5.10 Å². The highest BCUT2D eigenvalue weighted by Gasteiger charge is 2.30. The second-order valence-electron chi connectivity index (χ2n) is 4.44. The number of aliphatic hydroxyl groups is 1. The summed E-state index contributed by atoms with van der Waals surface area (Å²) in [6.45, 7) is 0.713. The van der Waals surface area contributed by atoms with Crippen LogP contribution in [0.2, 0.25) is 0 Å². The molecule has 0 spiro atoms. The van der Waals surface area contributed by atoms with E-state index in [1.807, 2.05) is 0 Å². The van der Waals surface area contributed by atoms with Gasteiger partial charge in [-0.3, -0.25) is 9.78 Å². The molecule has 6 nitrogen and oxygen atoms in total. The predicted molar refractivity (Wildman–Crippen MR) is 64.1 cm³/mol. The molecule has 0 bridgehead atoms. The molecule has 1 unspecified atom stereocenters. The van der Waals surface area contributed by atoms with Crippen molar-refractivity contribution in [1.29, 1.82) is 0 Å². The molecule has 1 amide bonds. The van der Waals surface area contributed by atoms with Crippen molar-refractivity contribution < 1.29 is 9.90 Å². The Morgan fingerprint density at radius 2 is 2.39 bits per heavy atom. The van der Waals surface area contributed by atoms with Gasteiger partial charge in [0.2, 0.25) is 0 Å². The molecule has 6 heteroatoms. The third-order valence-corrected chi connectivity index (χ3v) is 3.40. The molecule has 0 saturated carbocycles. The van der Waals surface area contributed by atoms with E-state index in [2.05, 4.69) is 10.1 Å². The monoisotopic (exact) mass is 246 g/mol. The first-order valence-electron chi connectivity index (χ1n) is 6.00. The molecule has 1 atom stereocenters. The van der Waals surface area contributed by atoms with Gasteiger partial charge in [-0.15, -0.1) is 0 Å². The molecule has 94 valence electrons. The topological polar surface area (TPSA) is 70.7 Å². The molecule has 1 saturated heterocycles. The van der Waals surface area contributed by atoms with Gasteiger partial charge in [0.15, 0.2) is 0 Å². The Bertz CT molecular complexity index is 580. The fourth-order valence-corrected chi connectivity index (χ4v) is 2.45. The van der Waals surface area contributed by atoms with Crippen LogP contribution in [0.15, 0.2) is 24.8 Å². The van der Waals surface area contributed by atoms with Gasteiger partial charge in [-0.05, 0) is 12.8 Å². The first-order valence-corrected chi connectivity index (χ1v) is 6.00. The van der Waals surface area contributed by atoms with Crippen LogP contribution in [0.25, 0.3) is 5.52 Å². The largest absolute Gasteiger partial charge is 0.394 e. The summed E-state index contributed by atoms with van der Waals surface area (Å²) in [5, 5.41) is 13.4. The number of fused-ring (bicyclic) bond motifs is 1. The van der Waals surface area contributed by atoms with Crippen molar-refractivity contribution in [2.45, 2.75) is 18.9 Å². The van der Waals surface area contributed by atoms with Crippen LogP contribution in [0.3, 0.4) is 0 Å². The summed E-state index contributed by atoms with van der Waals surface area (Å²) < 4.78 is 1.63. The first-order chi connectivity index (χ1) is 8.81. The zero-order valence-electron chi connectivity index (χ0n) is 9.86. The minimum atomic E-state index is -0.0745. The molecule has 1 N–H and O–H groups in total. The Balaban J connectivity index is 1.97. The van der Waals surface area contributed by atoms with E-state index < -0.39 is 0 Å². The molecule has 18 heavy (non-hydrogen) atoms. The normalized spacial score (nSPS) is 19.6. The number of hydrogen-bond donors (Lipinski definition) is 1. The van der Waals surface area contributed by atoms with E-state index >= 15 is 0 Å². The maximum atomic E-state index is 12.4. The molecule has 1 aliphatic heterocycles. The maximum Gasteiger partial charge on any atom is 0.258 e. The summed E-state index contributed by atoms with van der Waals surface area (Å²) in [6, 6.07) is -0.0656. The average molecular weight is 246 g/mol. The van der Waals surface area contributed by atoms with Crippen LogP contribution >= 0.6 is 0 Å². The van der Waals surface area contributed by atoms with Crippen LogP contribution in [-0.2, 0) is 0 Å². The lowest BCUT2D eigenvalue weighted by Crippen LogP contribution is -2.37. The lowest BCUT2D eigenvalue weighted by atomic mass is 10.2. The molecule has 0 aliphatic carbocycles. The van der Waals surface area contributed by atoms with Crippen molar-refractivity contribution >= 4 is 11.4 Å². The third-order valence-electron chi connectivity index (χ3n) is 3.40. The van der Waals surface area contributed by atoms with Crippen LogP contribution in [0, 0.1) is 0 Å². The van der Waals surface area contributed by atoms with Crippen molar-refractivity contribution in [1.82, 2.24) is 19.5 Å². The zero-order chi connectivity index (χ0) is 12.5. The minimum absolute atomic E-state index is 0.0171. The second-order valence-corrected chi connectivity index (χ2v) is 4.44. The number of rotatable bonds is 2. The fourth-order valence-electron chi connectivity index (χ4n) is 2.45. The van der Waals surface area contributed by atoms with E-state index in [1.54, 1.807) is 34.2 Å². The number of carbonyl (C=O) groups is 1.